The monoisotopic (exact) mass is 156 g/mol. The molecule has 3 unspecified atom stereocenters. The second kappa shape index (κ2) is 3.55. The molecule has 4 nitrogen and oxygen atoms in total. The van der Waals surface area contributed by atoms with Gasteiger partial charge in [0.25, 0.3) is 0 Å². The fourth-order valence-electron chi connectivity index (χ4n) is 1.76. The molecule has 0 radical (unpaired) electrons. The molecule has 0 heterocycles. The largest absolute Gasteiger partial charge is 0.150 e. The SMILES string of the molecule is CCC1CCC(N=O)C1N=O. The quantitative estimate of drug-likeness (QED) is 0.587. The van der Waals surface area contributed by atoms with Gasteiger partial charge < -0.3 is 0 Å². The highest BCUT2D eigenvalue weighted by molar-refractivity contribution is 4.93. The fraction of sp³-hybridized carbons (Fsp3) is 1.00. The van der Waals surface area contributed by atoms with E-state index in [1.165, 1.54) is 0 Å². The number of rotatable bonds is 3. The first-order valence-electron chi connectivity index (χ1n) is 3.98. The van der Waals surface area contributed by atoms with Crippen LogP contribution >= 0.6 is 0 Å². The summed E-state index contributed by atoms with van der Waals surface area (Å²) >= 11 is 0. The number of nitrogens with zero attached hydrogens (tertiary/aromatic N) is 2. The van der Waals surface area contributed by atoms with Crippen LogP contribution in [0.5, 0.6) is 0 Å². The summed E-state index contributed by atoms with van der Waals surface area (Å²) in [5.41, 5.74) is 0. The van der Waals surface area contributed by atoms with Crippen molar-refractivity contribution in [2.75, 3.05) is 0 Å². The maximum atomic E-state index is 10.3. The summed E-state index contributed by atoms with van der Waals surface area (Å²) in [7, 11) is 0. The molecule has 0 aromatic carbocycles. The van der Waals surface area contributed by atoms with E-state index in [0.717, 1.165) is 19.3 Å². The maximum Gasteiger partial charge on any atom is 0.120 e. The summed E-state index contributed by atoms with van der Waals surface area (Å²) in [6.07, 6.45) is 2.57. The van der Waals surface area contributed by atoms with Crippen molar-refractivity contribution < 1.29 is 0 Å². The molecule has 0 bridgehead atoms. The zero-order chi connectivity index (χ0) is 8.27. The first kappa shape index (κ1) is 8.30. The van der Waals surface area contributed by atoms with Gasteiger partial charge in [-0.1, -0.05) is 23.7 Å². The Morgan fingerprint density at radius 3 is 2.45 bits per heavy atom. The van der Waals surface area contributed by atoms with E-state index in [-0.39, 0.29) is 18.0 Å². The van der Waals surface area contributed by atoms with Gasteiger partial charge in [-0.05, 0) is 18.8 Å². The highest BCUT2D eigenvalue weighted by atomic mass is 16.3. The summed E-state index contributed by atoms with van der Waals surface area (Å²) in [5.74, 6) is 0.287. The Kier molecular flexibility index (Phi) is 2.68. The lowest BCUT2D eigenvalue weighted by Gasteiger charge is -2.10. The van der Waals surface area contributed by atoms with Crippen molar-refractivity contribution >= 4 is 0 Å². The van der Waals surface area contributed by atoms with Crippen molar-refractivity contribution in [1.29, 1.82) is 0 Å². The van der Waals surface area contributed by atoms with Crippen LogP contribution in [0.15, 0.2) is 10.4 Å². The van der Waals surface area contributed by atoms with Gasteiger partial charge in [-0.2, -0.15) is 9.81 Å². The van der Waals surface area contributed by atoms with Crippen LogP contribution in [0.3, 0.4) is 0 Å². The number of hydrogen-bond donors (Lipinski definition) is 0. The Morgan fingerprint density at radius 2 is 2.00 bits per heavy atom. The van der Waals surface area contributed by atoms with Gasteiger partial charge in [-0.25, -0.2) is 0 Å². The molecule has 1 aliphatic rings. The molecule has 11 heavy (non-hydrogen) atoms. The van der Waals surface area contributed by atoms with Gasteiger partial charge >= 0.3 is 0 Å². The molecule has 3 atom stereocenters. The summed E-state index contributed by atoms with van der Waals surface area (Å²) in [6.45, 7) is 2.01. The van der Waals surface area contributed by atoms with Crippen LogP contribution < -0.4 is 0 Å². The molecule has 4 heteroatoms. The van der Waals surface area contributed by atoms with Crippen molar-refractivity contribution in [3.8, 4) is 0 Å². The molecule has 1 rings (SSSR count). The Balaban J connectivity index is 2.61. The predicted molar refractivity (Wildman–Crippen MR) is 42.2 cm³/mol. The lowest BCUT2D eigenvalue weighted by atomic mass is 10.0. The van der Waals surface area contributed by atoms with Crippen LogP contribution in [-0.2, 0) is 0 Å². The molecule has 1 aliphatic carbocycles. The molecule has 0 saturated heterocycles. The molecular formula is C7H12N2O2. The second-order valence-electron chi connectivity index (χ2n) is 3.01. The number of hydrogen-bond acceptors (Lipinski definition) is 4. The second-order valence-corrected chi connectivity index (χ2v) is 3.01. The molecule has 0 N–H and O–H groups in total. The van der Waals surface area contributed by atoms with Gasteiger partial charge in [0, 0.05) is 0 Å². The topological polar surface area (TPSA) is 58.9 Å². The normalized spacial score (nSPS) is 37.0. The minimum Gasteiger partial charge on any atom is -0.150 e. The molecule has 0 aromatic heterocycles. The fourth-order valence-corrected chi connectivity index (χ4v) is 1.76. The lowest BCUT2D eigenvalue weighted by molar-refractivity contribution is 0.447. The molecule has 1 saturated carbocycles. The third kappa shape index (κ3) is 1.44. The first-order valence-corrected chi connectivity index (χ1v) is 3.98. The molecule has 1 fully saturated rings. The third-order valence-electron chi connectivity index (χ3n) is 2.49. The smallest absolute Gasteiger partial charge is 0.120 e. The van der Waals surface area contributed by atoms with E-state index < -0.39 is 0 Å². The van der Waals surface area contributed by atoms with Gasteiger partial charge in [0.2, 0.25) is 0 Å². The minimum absolute atomic E-state index is 0.287. The van der Waals surface area contributed by atoms with Crippen molar-refractivity contribution in [1.82, 2.24) is 0 Å². The van der Waals surface area contributed by atoms with Crippen LogP contribution in [0.2, 0.25) is 0 Å². The van der Waals surface area contributed by atoms with Crippen LogP contribution in [-0.4, -0.2) is 12.1 Å². The number of nitroso groups, excluding NO2 is 2. The van der Waals surface area contributed by atoms with Crippen LogP contribution in [0.1, 0.15) is 26.2 Å². The summed E-state index contributed by atoms with van der Waals surface area (Å²) in [6, 6.07) is -0.699. The van der Waals surface area contributed by atoms with Crippen LogP contribution in [0, 0.1) is 15.7 Å². The van der Waals surface area contributed by atoms with E-state index in [2.05, 4.69) is 10.4 Å². The summed E-state index contributed by atoms with van der Waals surface area (Å²) in [5, 5.41) is 5.84. The average molecular weight is 156 g/mol. The van der Waals surface area contributed by atoms with Gasteiger partial charge in [0.05, 0.1) is 0 Å². The molecule has 0 aromatic rings. The van der Waals surface area contributed by atoms with E-state index >= 15 is 0 Å². The Hall–Kier alpha value is -0.800. The van der Waals surface area contributed by atoms with Gasteiger partial charge in [0.1, 0.15) is 12.1 Å². The van der Waals surface area contributed by atoms with E-state index in [4.69, 9.17) is 0 Å². The van der Waals surface area contributed by atoms with E-state index in [0.29, 0.717) is 0 Å². The first-order chi connectivity index (χ1) is 5.33. The highest BCUT2D eigenvalue weighted by Gasteiger charge is 2.37. The van der Waals surface area contributed by atoms with Crippen molar-refractivity contribution in [2.45, 2.75) is 38.3 Å². The van der Waals surface area contributed by atoms with Gasteiger partial charge in [0.15, 0.2) is 0 Å². The summed E-state index contributed by atoms with van der Waals surface area (Å²) < 4.78 is 0. The average Bonchev–Trinajstić information content (AvgIpc) is 2.45. The Labute approximate surface area is 65.3 Å². The molecule has 0 amide bonds. The molecule has 62 valence electrons. The van der Waals surface area contributed by atoms with Crippen LogP contribution in [0.4, 0.5) is 0 Å². The maximum absolute atomic E-state index is 10.3. The molecular weight excluding hydrogens is 144 g/mol. The van der Waals surface area contributed by atoms with Crippen LogP contribution in [0.25, 0.3) is 0 Å². The third-order valence-corrected chi connectivity index (χ3v) is 2.49. The lowest BCUT2D eigenvalue weighted by Crippen LogP contribution is -2.20. The van der Waals surface area contributed by atoms with Gasteiger partial charge in [-0.15, -0.1) is 0 Å². The van der Waals surface area contributed by atoms with Crippen molar-refractivity contribution in [2.24, 2.45) is 16.3 Å². The molecule has 0 spiro atoms. The Morgan fingerprint density at radius 1 is 1.27 bits per heavy atom. The van der Waals surface area contributed by atoms with E-state index in [1.807, 2.05) is 6.92 Å². The van der Waals surface area contributed by atoms with Crippen molar-refractivity contribution in [3.63, 3.8) is 0 Å². The summed E-state index contributed by atoms with van der Waals surface area (Å²) in [4.78, 5) is 20.5. The minimum atomic E-state index is -0.350. The standard InChI is InChI=1S/C7H12N2O2/c1-2-5-3-4-6(8-10)7(5)9-11/h5-7H,2-4H2,1H3. The zero-order valence-corrected chi connectivity index (χ0v) is 6.56. The van der Waals surface area contributed by atoms with Crippen molar-refractivity contribution in [3.05, 3.63) is 9.81 Å². The van der Waals surface area contributed by atoms with E-state index in [1.54, 1.807) is 0 Å². The molecule has 0 aliphatic heterocycles. The Bertz CT molecular complexity index is 161. The van der Waals surface area contributed by atoms with E-state index in [9.17, 15) is 9.81 Å². The highest BCUT2D eigenvalue weighted by Crippen LogP contribution is 2.32. The van der Waals surface area contributed by atoms with Gasteiger partial charge in [-0.3, -0.25) is 0 Å². The predicted octanol–water partition coefficient (Wildman–Crippen LogP) is 2.08. The zero-order valence-electron chi connectivity index (χ0n) is 6.56.